The summed E-state index contributed by atoms with van der Waals surface area (Å²) in [4.78, 5) is 0. The lowest BCUT2D eigenvalue weighted by Crippen LogP contribution is -2.00. The van der Waals surface area contributed by atoms with E-state index in [0.717, 1.165) is 5.56 Å². The van der Waals surface area contributed by atoms with Gasteiger partial charge in [0.1, 0.15) is 0 Å². The van der Waals surface area contributed by atoms with Crippen LogP contribution in [-0.2, 0) is 6.54 Å². The zero-order valence-electron chi connectivity index (χ0n) is 10.9. The van der Waals surface area contributed by atoms with Gasteiger partial charge in [0.2, 0.25) is 0 Å². The monoisotopic (exact) mass is 281 g/mol. The van der Waals surface area contributed by atoms with Crippen molar-refractivity contribution in [2.45, 2.75) is 13.0 Å². The first-order valence-electron chi connectivity index (χ1n) is 6.04. The summed E-state index contributed by atoms with van der Waals surface area (Å²) in [6, 6.07) is 10.5. The fourth-order valence-electron chi connectivity index (χ4n) is 1.75. The molecule has 0 aromatic heterocycles. The maximum absolute atomic E-state index is 13.2. The van der Waals surface area contributed by atoms with Crippen LogP contribution in [0.4, 0.5) is 18.9 Å². The Morgan fingerprint density at radius 1 is 1.10 bits per heavy atom. The van der Waals surface area contributed by atoms with Gasteiger partial charge in [-0.15, -0.1) is 0 Å². The Kier molecular flexibility index (Phi) is 4.50. The summed E-state index contributed by atoms with van der Waals surface area (Å²) < 4.78 is 42.9. The van der Waals surface area contributed by atoms with E-state index >= 15 is 0 Å². The van der Waals surface area contributed by atoms with Crippen molar-refractivity contribution < 1.29 is 17.9 Å². The van der Waals surface area contributed by atoms with Crippen LogP contribution in [0.5, 0.6) is 5.75 Å². The van der Waals surface area contributed by atoms with Gasteiger partial charge in [-0.05, 0) is 17.7 Å². The average molecular weight is 281 g/mol. The van der Waals surface area contributed by atoms with E-state index in [1.54, 1.807) is 24.3 Å². The molecule has 2 aromatic rings. The van der Waals surface area contributed by atoms with Gasteiger partial charge in [0.15, 0.2) is 11.6 Å². The number of ether oxygens (including phenoxy) is 1. The highest BCUT2D eigenvalue weighted by molar-refractivity contribution is 5.49. The summed E-state index contributed by atoms with van der Waals surface area (Å²) >= 11 is 0. The van der Waals surface area contributed by atoms with Crippen LogP contribution >= 0.6 is 0 Å². The van der Waals surface area contributed by atoms with Crippen molar-refractivity contribution in [2.24, 2.45) is 0 Å². The van der Waals surface area contributed by atoms with Crippen molar-refractivity contribution in [2.75, 3.05) is 12.4 Å². The number of alkyl halides is 2. The molecule has 0 aliphatic carbocycles. The molecule has 0 bridgehead atoms. The maximum atomic E-state index is 13.2. The van der Waals surface area contributed by atoms with E-state index in [2.05, 4.69) is 5.32 Å². The number of rotatable bonds is 5. The molecule has 0 aliphatic rings. The second-order valence-corrected chi connectivity index (χ2v) is 4.25. The Morgan fingerprint density at radius 3 is 2.40 bits per heavy atom. The largest absolute Gasteiger partial charge is 0.494 e. The van der Waals surface area contributed by atoms with Crippen LogP contribution in [0.15, 0.2) is 42.5 Å². The van der Waals surface area contributed by atoms with Crippen LogP contribution in [0.2, 0.25) is 0 Å². The number of nitrogens with one attached hydrogen (secondary N) is 1. The minimum atomic E-state index is -2.46. The fourth-order valence-corrected chi connectivity index (χ4v) is 1.75. The second-order valence-electron chi connectivity index (χ2n) is 4.25. The van der Waals surface area contributed by atoms with Gasteiger partial charge in [-0.3, -0.25) is 0 Å². The lowest BCUT2D eigenvalue weighted by Gasteiger charge is -2.09. The third-order valence-corrected chi connectivity index (χ3v) is 2.88. The fraction of sp³-hybridized carbons (Fsp3) is 0.200. The molecule has 20 heavy (non-hydrogen) atoms. The van der Waals surface area contributed by atoms with Gasteiger partial charge >= 0.3 is 0 Å². The molecule has 2 rings (SSSR count). The Balaban J connectivity index is 2.01. The zero-order valence-corrected chi connectivity index (χ0v) is 10.9. The lowest BCUT2D eigenvalue weighted by molar-refractivity contribution is 0.151. The Bertz CT molecular complexity index is 570. The van der Waals surface area contributed by atoms with Gasteiger partial charge in [0.05, 0.1) is 7.11 Å². The molecule has 0 heterocycles. The van der Waals surface area contributed by atoms with Crippen molar-refractivity contribution in [1.29, 1.82) is 0 Å². The molecular formula is C15H14F3NO. The Morgan fingerprint density at radius 2 is 1.80 bits per heavy atom. The number of halogens is 3. The van der Waals surface area contributed by atoms with E-state index in [0.29, 0.717) is 12.2 Å². The van der Waals surface area contributed by atoms with Gasteiger partial charge in [-0.2, -0.15) is 0 Å². The molecule has 1 N–H and O–H groups in total. The Labute approximate surface area is 115 Å². The quantitative estimate of drug-likeness (QED) is 0.878. The van der Waals surface area contributed by atoms with Crippen LogP contribution in [0.25, 0.3) is 0 Å². The van der Waals surface area contributed by atoms with Gasteiger partial charge in [-0.1, -0.05) is 24.3 Å². The van der Waals surface area contributed by atoms with E-state index in [9.17, 15) is 13.2 Å². The number of hydrogen-bond donors (Lipinski definition) is 1. The molecule has 0 unspecified atom stereocenters. The highest BCUT2D eigenvalue weighted by atomic mass is 19.3. The minimum absolute atomic E-state index is 0.00259. The van der Waals surface area contributed by atoms with E-state index in [-0.39, 0.29) is 11.3 Å². The van der Waals surface area contributed by atoms with Gasteiger partial charge < -0.3 is 10.1 Å². The molecule has 0 spiro atoms. The molecule has 0 saturated heterocycles. The van der Waals surface area contributed by atoms with Crippen LogP contribution < -0.4 is 10.1 Å². The van der Waals surface area contributed by atoms with Crippen LogP contribution in [0.1, 0.15) is 17.6 Å². The lowest BCUT2D eigenvalue weighted by atomic mass is 10.1. The molecule has 0 amide bonds. The van der Waals surface area contributed by atoms with Crippen molar-refractivity contribution in [3.05, 3.63) is 59.4 Å². The number of benzene rings is 2. The zero-order chi connectivity index (χ0) is 14.5. The van der Waals surface area contributed by atoms with Crippen LogP contribution in [0, 0.1) is 5.82 Å². The SMILES string of the molecule is COc1cc(NCc2ccc(C(F)F)cc2)ccc1F. The first-order chi connectivity index (χ1) is 9.60. The highest BCUT2D eigenvalue weighted by Gasteiger charge is 2.06. The van der Waals surface area contributed by atoms with Crippen molar-refractivity contribution >= 4 is 5.69 Å². The second kappa shape index (κ2) is 6.32. The van der Waals surface area contributed by atoms with Crippen molar-refractivity contribution in [1.82, 2.24) is 0 Å². The van der Waals surface area contributed by atoms with E-state index in [1.165, 1.54) is 25.3 Å². The van der Waals surface area contributed by atoms with Gasteiger partial charge in [0, 0.05) is 23.9 Å². The number of anilines is 1. The summed E-state index contributed by atoms with van der Waals surface area (Å²) in [6.45, 7) is 0.457. The number of methoxy groups -OCH3 is 1. The molecule has 106 valence electrons. The molecule has 0 aliphatic heterocycles. The first kappa shape index (κ1) is 14.2. The molecule has 0 saturated carbocycles. The van der Waals surface area contributed by atoms with Crippen molar-refractivity contribution in [3.8, 4) is 5.75 Å². The summed E-state index contributed by atoms with van der Waals surface area (Å²) in [5, 5.41) is 3.08. The summed E-state index contributed by atoms with van der Waals surface area (Å²) in [5.41, 5.74) is 1.55. The van der Waals surface area contributed by atoms with Gasteiger partial charge in [-0.25, -0.2) is 13.2 Å². The molecule has 0 radical (unpaired) electrons. The Hall–Kier alpha value is -2.17. The summed E-state index contributed by atoms with van der Waals surface area (Å²) in [5.74, 6) is -0.276. The highest BCUT2D eigenvalue weighted by Crippen LogP contribution is 2.22. The number of hydrogen-bond acceptors (Lipinski definition) is 2. The van der Waals surface area contributed by atoms with Crippen LogP contribution in [-0.4, -0.2) is 7.11 Å². The molecule has 5 heteroatoms. The van der Waals surface area contributed by atoms with Crippen LogP contribution in [0.3, 0.4) is 0 Å². The summed E-state index contributed by atoms with van der Waals surface area (Å²) in [7, 11) is 1.39. The van der Waals surface area contributed by atoms with E-state index in [4.69, 9.17) is 4.74 Å². The third-order valence-electron chi connectivity index (χ3n) is 2.88. The normalized spacial score (nSPS) is 10.7. The maximum Gasteiger partial charge on any atom is 0.263 e. The third kappa shape index (κ3) is 3.44. The van der Waals surface area contributed by atoms with E-state index < -0.39 is 12.2 Å². The molecule has 2 aromatic carbocycles. The molecule has 0 fully saturated rings. The van der Waals surface area contributed by atoms with Crippen molar-refractivity contribution in [3.63, 3.8) is 0 Å². The molecule has 2 nitrogen and oxygen atoms in total. The summed E-state index contributed by atoms with van der Waals surface area (Å²) in [6.07, 6.45) is -2.46. The molecule has 0 atom stereocenters. The predicted octanol–water partition coefficient (Wildman–Crippen LogP) is 4.38. The predicted molar refractivity (Wildman–Crippen MR) is 71.7 cm³/mol. The topological polar surface area (TPSA) is 21.3 Å². The molecular weight excluding hydrogens is 267 g/mol. The standard InChI is InChI=1S/C15H14F3NO/c1-20-14-8-12(6-7-13(14)16)19-9-10-2-4-11(5-3-10)15(17)18/h2-8,15,19H,9H2,1H3. The average Bonchev–Trinajstić information content (AvgIpc) is 2.46. The van der Waals surface area contributed by atoms with Gasteiger partial charge in [0.25, 0.3) is 6.43 Å². The van der Waals surface area contributed by atoms with E-state index in [1.807, 2.05) is 0 Å². The minimum Gasteiger partial charge on any atom is -0.494 e. The first-order valence-corrected chi connectivity index (χ1v) is 6.04. The smallest absolute Gasteiger partial charge is 0.263 e.